The summed E-state index contributed by atoms with van der Waals surface area (Å²) < 4.78 is 38.3. The van der Waals surface area contributed by atoms with Crippen molar-refractivity contribution in [2.45, 2.75) is 31.0 Å². The summed E-state index contributed by atoms with van der Waals surface area (Å²) in [6.07, 6.45) is -3.19. The molecule has 0 spiro atoms. The highest BCUT2D eigenvalue weighted by Gasteiger charge is 2.34. The molecule has 1 aliphatic rings. The van der Waals surface area contributed by atoms with E-state index in [0.717, 1.165) is 23.4 Å². The number of halogens is 3. The Morgan fingerprint density at radius 1 is 1.07 bits per heavy atom. The van der Waals surface area contributed by atoms with Gasteiger partial charge in [0.1, 0.15) is 6.04 Å². The summed E-state index contributed by atoms with van der Waals surface area (Å²) in [4.78, 5) is 13.7. The number of nitriles is 1. The lowest BCUT2D eigenvalue weighted by atomic mass is 9.86. The van der Waals surface area contributed by atoms with Crippen molar-refractivity contribution in [3.63, 3.8) is 0 Å². The Labute approximate surface area is 155 Å². The van der Waals surface area contributed by atoms with Gasteiger partial charge in [0.05, 0.1) is 17.2 Å². The molecule has 1 unspecified atom stereocenters. The Hall–Kier alpha value is -3.01. The van der Waals surface area contributed by atoms with Crippen molar-refractivity contribution in [1.29, 1.82) is 5.26 Å². The van der Waals surface area contributed by atoms with E-state index >= 15 is 0 Å². The number of nitrogens with zero attached hydrogens (tertiary/aromatic N) is 2. The molecule has 1 aliphatic heterocycles. The van der Waals surface area contributed by atoms with Gasteiger partial charge < -0.3 is 10.6 Å². The number of primary amides is 1. The molecule has 7 heteroatoms. The number of anilines is 1. The van der Waals surface area contributed by atoms with E-state index in [-0.39, 0.29) is 5.92 Å². The molecule has 3 rings (SSSR count). The average Bonchev–Trinajstić information content (AvgIpc) is 2.67. The zero-order valence-corrected chi connectivity index (χ0v) is 14.4. The van der Waals surface area contributed by atoms with Gasteiger partial charge in [-0.25, -0.2) is 0 Å². The molecule has 2 N–H and O–H groups in total. The van der Waals surface area contributed by atoms with E-state index in [0.29, 0.717) is 24.9 Å². The van der Waals surface area contributed by atoms with E-state index in [9.17, 15) is 18.0 Å². The van der Waals surface area contributed by atoms with Crippen LogP contribution in [0.25, 0.3) is 0 Å². The van der Waals surface area contributed by atoms with Gasteiger partial charge >= 0.3 is 6.18 Å². The standard InChI is InChI=1S/C20H18F3N3O/c21-20(22,23)16-6-3-14(4-7-16)15-5-10-18(19(25)27)26(12-15)17-8-1-13(11-24)2-9-17/h1-4,6-9,15,18H,5,10,12H2,(H2,25,27)/t15?,18-/m0/s1. The van der Waals surface area contributed by atoms with Crippen LogP contribution in [0.2, 0.25) is 0 Å². The fourth-order valence-corrected chi connectivity index (χ4v) is 3.50. The van der Waals surface area contributed by atoms with Gasteiger partial charge in [0.15, 0.2) is 0 Å². The molecule has 1 saturated heterocycles. The minimum Gasteiger partial charge on any atom is -0.368 e. The smallest absolute Gasteiger partial charge is 0.368 e. The van der Waals surface area contributed by atoms with Crippen molar-refractivity contribution in [3.8, 4) is 6.07 Å². The molecule has 27 heavy (non-hydrogen) atoms. The maximum absolute atomic E-state index is 12.8. The number of alkyl halides is 3. The first-order chi connectivity index (χ1) is 12.8. The second-order valence-corrected chi connectivity index (χ2v) is 6.62. The number of carbonyl (C=O) groups is 1. The first kappa shape index (κ1) is 18.8. The molecular formula is C20H18F3N3O. The number of benzene rings is 2. The quantitative estimate of drug-likeness (QED) is 0.889. The van der Waals surface area contributed by atoms with E-state index in [1.807, 2.05) is 11.0 Å². The zero-order chi connectivity index (χ0) is 19.6. The Balaban J connectivity index is 1.85. The molecule has 0 radical (unpaired) electrons. The van der Waals surface area contributed by atoms with E-state index in [4.69, 9.17) is 11.0 Å². The Morgan fingerprint density at radius 3 is 2.22 bits per heavy atom. The SMILES string of the molecule is N#Cc1ccc(N2CC(c3ccc(C(F)(F)F)cc3)CC[C@H]2C(N)=O)cc1. The summed E-state index contributed by atoms with van der Waals surface area (Å²) >= 11 is 0. The summed E-state index contributed by atoms with van der Waals surface area (Å²) in [5, 5.41) is 8.93. The third-order valence-electron chi connectivity index (χ3n) is 4.95. The predicted molar refractivity (Wildman–Crippen MR) is 94.9 cm³/mol. The number of piperidine rings is 1. The molecular weight excluding hydrogens is 355 g/mol. The molecule has 140 valence electrons. The molecule has 2 atom stereocenters. The van der Waals surface area contributed by atoms with E-state index in [1.54, 1.807) is 24.3 Å². The number of nitrogens with two attached hydrogens (primary N) is 1. The minimum atomic E-state index is -4.36. The minimum absolute atomic E-state index is 0.0153. The van der Waals surface area contributed by atoms with Crippen molar-refractivity contribution >= 4 is 11.6 Å². The third-order valence-corrected chi connectivity index (χ3v) is 4.95. The van der Waals surface area contributed by atoms with Crippen LogP contribution in [0.15, 0.2) is 48.5 Å². The Morgan fingerprint density at radius 2 is 1.70 bits per heavy atom. The van der Waals surface area contributed by atoms with Gasteiger partial charge in [-0.1, -0.05) is 12.1 Å². The molecule has 2 aromatic rings. The summed E-state index contributed by atoms with van der Waals surface area (Å²) in [6, 6.07) is 13.5. The maximum Gasteiger partial charge on any atom is 0.416 e. The maximum atomic E-state index is 12.8. The number of amides is 1. The number of rotatable bonds is 3. The van der Waals surface area contributed by atoms with Crippen LogP contribution in [0.3, 0.4) is 0 Å². The van der Waals surface area contributed by atoms with Crippen LogP contribution in [-0.2, 0) is 11.0 Å². The molecule has 0 aromatic heterocycles. The fourth-order valence-electron chi connectivity index (χ4n) is 3.50. The molecule has 1 amide bonds. The van der Waals surface area contributed by atoms with E-state index in [1.165, 1.54) is 12.1 Å². The molecule has 0 saturated carbocycles. The van der Waals surface area contributed by atoms with Crippen LogP contribution >= 0.6 is 0 Å². The molecule has 0 bridgehead atoms. The molecule has 4 nitrogen and oxygen atoms in total. The topological polar surface area (TPSA) is 70.1 Å². The first-order valence-corrected chi connectivity index (χ1v) is 8.53. The van der Waals surface area contributed by atoms with E-state index in [2.05, 4.69) is 0 Å². The van der Waals surface area contributed by atoms with Crippen molar-refractivity contribution in [2.75, 3.05) is 11.4 Å². The Bertz CT molecular complexity index is 854. The molecule has 1 fully saturated rings. The summed E-state index contributed by atoms with van der Waals surface area (Å²) in [7, 11) is 0. The lowest BCUT2D eigenvalue weighted by molar-refractivity contribution is -0.137. The van der Waals surface area contributed by atoms with E-state index < -0.39 is 23.7 Å². The van der Waals surface area contributed by atoms with Crippen molar-refractivity contribution in [2.24, 2.45) is 5.73 Å². The lowest BCUT2D eigenvalue weighted by Gasteiger charge is -2.40. The molecule has 2 aromatic carbocycles. The van der Waals surface area contributed by atoms with Crippen LogP contribution in [-0.4, -0.2) is 18.5 Å². The van der Waals surface area contributed by atoms with Gasteiger partial charge in [0, 0.05) is 18.2 Å². The summed E-state index contributed by atoms with van der Waals surface area (Å²) in [6.45, 7) is 0.463. The van der Waals surface area contributed by atoms with Gasteiger partial charge in [-0.2, -0.15) is 18.4 Å². The summed E-state index contributed by atoms with van der Waals surface area (Å²) in [5.74, 6) is -0.455. The van der Waals surface area contributed by atoms with Crippen molar-refractivity contribution in [1.82, 2.24) is 0 Å². The molecule has 0 aliphatic carbocycles. The fraction of sp³-hybridized carbons (Fsp3) is 0.300. The van der Waals surface area contributed by atoms with Crippen LogP contribution in [0.1, 0.15) is 35.4 Å². The van der Waals surface area contributed by atoms with Gasteiger partial charge in [-0.05, 0) is 54.8 Å². The molecule has 1 heterocycles. The van der Waals surface area contributed by atoms with Crippen LogP contribution in [0, 0.1) is 11.3 Å². The predicted octanol–water partition coefficient (Wildman–Crippen LogP) is 3.81. The average molecular weight is 373 g/mol. The lowest BCUT2D eigenvalue weighted by Crippen LogP contribution is -2.50. The van der Waals surface area contributed by atoms with Gasteiger partial charge in [-0.15, -0.1) is 0 Å². The zero-order valence-electron chi connectivity index (χ0n) is 14.4. The van der Waals surface area contributed by atoms with Crippen LogP contribution < -0.4 is 10.6 Å². The third kappa shape index (κ3) is 4.05. The second kappa shape index (κ2) is 7.31. The first-order valence-electron chi connectivity index (χ1n) is 8.53. The largest absolute Gasteiger partial charge is 0.416 e. The highest BCUT2D eigenvalue weighted by atomic mass is 19.4. The monoisotopic (exact) mass is 373 g/mol. The van der Waals surface area contributed by atoms with Gasteiger partial charge in [0.2, 0.25) is 5.91 Å². The van der Waals surface area contributed by atoms with Crippen molar-refractivity contribution in [3.05, 3.63) is 65.2 Å². The summed E-state index contributed by atoms with van der Waals surface area (Å²) in [5.41, 5.74) is 6.93. The van der Waals surface area contributed by atoms with Crippen LogP contribution in [0.5, 0.6) is 0 Å². The normalized spacial score (nSPS) is 20.1. The number of hydrogen-bond donors (Lipinski definition) is 1. The Kier molecular flexibility index (Phi) is 5.08. The van der Waals surface area contributed by atoms with Crippen LogP contribution in [0.4, 0.5) is 18.9 Å². The highest BCUT2D eigenvalue weighted by Crippen LogP contribution is 2.35. The van der Waals surface area contributed by atoms with Gasteiger partial charge in [-0.3, -0.25) is 4.79 Å². The second-order valence-electron chi connectivity index (χ2n) is 6.62. The van der Waals surface area contributed by atoms with Crippen molar-refractivity contribution < 1.29 is 18.0 Å². The highest BCUT2D eigenvalue weighted by molar-refractivity contribution is 5.84. The van der Waals surface area contributed by atoms with Gasteiger partial charge in [0.25, 0.3) is 0 Å². The number of hydrogen-bond acceptors (Lipinski definition) is 3. The number of carbonyl (C=O) groups excluding carboxylic acids is 1.